The maximum absolute atomic E-state index is 12.1. The minimum atomic E-state index is -0.728. The average molecular weight is 291 g/mol. The van der Waals surface area contributed by atoms with Crippen LogP contribution in [0.15, 0.2) is 24.3 Å². The molecule has 5 heteroatoms. The molecule has 1 aromatic rings. The first-order chi connectivity index (χ1) is 10.1. The Morgan fingerprint density at radius 2 is 1.90 bits per heavy atom. The molecule has 0 bridgehead atoms. The minimum Gasteiger partial charge on any atom is -0.496 e. The molecule has 114 valence electrons. The first-order valence-corrected chi connectivity index (χ1v) is 7.24. The topological polar surface area (TPSA) is 75.6 Å². The van der Waals surface area contributed by atoms with Crippen LogP contribution in [0.1, 0.15) is 31.2 Å². The van der Waals surface area contributed by atoms with Crippen LogP contribution >= 0.6 is 0 Å². The Labute approximate surface area is 124 Å². The molecule has 2 N–H and O–H groups in total. The van der Waals surface area contributed by atoms with Crippen LogP contribution in [0.25, 0.3) is 0 Å². The largest absolute Gasteiger partial charge is 0.496 e. The normalized spacial score (nSPS) is 21.6. The smallest absolute Gasteiger partial charge is 0.306 e. The van der Waals surface area contributed by atoms with E-state index in [0.29, 0.717) is 18.6 Å². The fraction of sp³-hybridized carbons (Fsp3) is 0.500. The quantitative estimate of drug-likeness (QED) is 0.870. The lowest BCUT2D eigenvalue weighted by Crippen LogP contribution is -2.39. The van der Waals surface area contributed by atoms with Gasteiger partial charge in [-0.05, 0) is 31.7 Å². The molecule has 5 nitrogen and oxygen atoms in total. The third-order valence-corrected chi connectivity index (χ3v) is 3.99. The van der Waals surface area contributed by atoms with Crippen molar-refractivity contribution >= 4 is 11.9 Å². The van der Waals surface area contributed by atoms with Gasteiger partial charge in [-0.1, -0.05) is 18.2 Å². The fourth-order valence-electron chi connectivity index (χ4n) is 2.79. The van der Waals surface area contributed by atoms with Crippen LogP contribution in [-0.4, -0.2) is 30.1 Å². The van der Waals surface area contributed by atoms with Crippen LogP contribution < -0.4 is 10.1 Å². The highest BCUT2D eigenvalue weighted by Gasteiger charge is 2.26. The molecular formula is C16H21NO4. The molecule has 0 aliphatic heterocycles. The second-order valence-electron chi connectivity index (χ2n) is 5.44. The second kappa shape index (κ2) is 7.11. The third kappa shape index (κ3) is 4.21. The Balaban J connectivity index is 1.84. The summed E-state index contributed by atoms with van der Waals surface area (Å²) in [5, 5.41) is 11.9. The maximum atomic E-state index is 12.1. The van der Waals surface area contributed by atoms with Crippen molar-refractivity contribution in [1.82, 2.24) is 5.32 Å². The summed E-state index contributed by atoms with van der Waals surface area (Å²) in [5.74, 6) is -0.318. The van der Waals surface area contributed by atoms with E-state index in [0.717, 1.165) is 18.4 Å². The van der Waals surface area contributed by atoms with Crippen molar-refractivity contribution in [2.75, 3.05) is 7.11 Å². The van der Waals surface area contributed by atoms with Gasteiger partial charge in [0.25, 0.3) is 0 Å². The van der Waals surface area contributed by atoms with E-state index in [9.17, 15) is 9.59 Å². The minimum absolute atomic E-state index is 0.0433. The lowest BCUT2D eigenvalue weighted by atomic mass is 9.86. The van der Waals surface area contributed by atoms with Gasteiger partial charge < -0.3 is 15.2 Å². The molecular weight excluding hydrogens is 270 g/mol. The van der Waals surface area contributed by atoms with E-state index in [-0.39, 0.29) is 24.3 Å². The molecule has 1 aliphatic carbocycles. The summed E-state index contributed by atoms with van der Waals surface area (Å²) in [7, 11) is 1.59. The number of benzene rings is 1. The van der Waals surface area contributed by atoms with Crippen molar-refractivity contribution in [2.45, 2.75) is 38.1 Å². The number of nitrogens with one attached hydrogen (secondary N) is 1. The van der Waals surface area contributed by atoms with Crippen LogP contribution in [-0.2, 0) is 16.0 Å². The van der Waals surface area contributed by atoms with Crippen LogP contribution in [0.4, 0.5) is 0 Å². The number of carbonyl (C=O) groups excluding carboxylic acids is 1. The molecule has 0 unspecified atom stereocenters. The summed E-state index contributed by atoms with van der Waals surface area (Å²) in [5.41, 5.74) is 0.858. The van der Waals surface area contributed by atoms with Crippen molar-refractivity contribution < 1.29 is 19.4 Å². The van der Waals surface area contributed by atoms with E-state index in [4.69, 9.17) is 9.84 Å². The Bertz CT molecular complexity index is 507. The molecule has 0 heterocycles. The van der Waals surface area contributed by atoms with E-state index < -0.39 is 5.97 Å². The van der Waals surface area contributed by atoms with E-state index in [1.807, 2.05) is 24.3 Å². The van der Waals surface area contributed by atoms with E-state index in [1.54, 1.807) is 7.11 Å². The number of rotatable bonds is 5. The summed E-state index contributed by atoms with van der Waals surface area (Å²) >= 11 is 0. The predicted molar refractivity (Wildman–Crippen MR) is 78.2 cm³/mol. The molecule has 1 fully saturated rings. The number of hydrogen-bond donors (Lipinski definition) is 2. The molecule has 0 radical (unpaired) electrons. The highest BCUT2D eigenvalue weighted by Crippen LogP contribution is 2.24. The zero-order valence-corrected chi connectivity index (χ0v) is 12.2. The number of carboxylic acid groups (broad SMARTS) is 1. The molecule has 0 aromatic heterocycles. The van der Waals surface area contributed by atoms with Gasteiger partial charge in [0.05, 0.1) is 19.4 Å². The van der Waals surface area contributed by atoms with Crippen molar-refractivity contribution in [2.24, 2.45) is 5.92 Å². The van der Waals surface area contributed by atoms with Gasteiger partial charge in [0.2, 0.25) is 5.91 Å². The van der Waals surface area contributed by atoms with Gasteiger partial charge in [-0.15, -0.1) is 0 Å². The first kappa shape index (κ1) is 15.4. The molecule has 0 atom stereocenters. The number of para-hydroxylation sites is 1. The van der Waals surface area contributed by atoms with Crippen molar-refractivity contribution in [3.63, 3.8) is 0 Å². The molecule has 0 saturated heterocycles. The number of carboxylic acids is 1. The molecule has 1 aliphatic rings. The summed E-state index contributed by atoms with van der Waals surface area (Å²) in [6.45, 7) is 0. The molecule has 21 heavy (non-hydrogen) atoms. The molecule has 1 saturated carbocycles. The zero-order valence-electron chi connectivity index (χ0n) is 12.2. The van der Waals surface area contributed by atoms with Crippen molar-refractivity contribution in [3.8, 4) is 5.75 Å². The fourth-order valence-corrected chi connectivity index (χ4v) is 2.79. The van der Waals surface area contributed by atoms with E-state index in [1.165, 1.54) is 0 Å². The lowest BCUT2D eigenvalue weighted by Gasteiger charge is -2.26. The predicted octanol–water partition coefficient (Wildman–Crippen LogP) is 2.00. The van der Waals surface area contributed by atoms with Gasteiger partial charge in [0.15, 0.2) is 0 Å². The molecule has 1 aromatic carbocycles. The van der Waals surface area contributed by atoms with Crippen LogP contribution in [0.2, 0.25) is 0 Å². The maximum Gasteiger partial charge on any atom is 0.306 e. The van der Waals surface area contributed by atoms with Gasteiger partial charge in [0, 0.05) is 11.6 Å². The number of amides is 1. The highest BCUT2D eigenvalue weighted by atomic mass is 16.5. The number of hydrogen-bond acceptors (Lipinski definition) is 3. The van der Waals surface area contributed by atoms with Crippen molar-refractivity contribution in [1.29, 1.82) is 0 Å². The summed E-state index contributed by atoms with van der Waals surface area (Å²) in [6, 6.07) is 7.54. The highest BCUT2D eigenvalue weighted by molar-refractivity contribution is 5.79. The number of ether oxygens (including phenoxy) is 1. The van der Waals surface area contributed by atoms with Gasteiger partial charge >= 0.3 is 5.97 Å². The molecule has 0 spiro atoms. The van der Waals surface area contributed by atoms with E-state index in [2.05, 4.69) is 5.32 Å². The lowest BCUT2D eigenvalue weighted by molar-refractivity contribution is -0.142. The standard InChI is InChI=1S/C16H21NO4/c1-21-14-5-3-2-4-12(14)10-15(18)17-13-8-6-11(7-9-13)16(19)20/h2-5,11,13H,6-10H2,1H3,(H,17,18)(H,19,20). The van der Waals surface area contributed by atoms with Crippen LogP contribution in [0, 0.1) is 5.92 Å². The third-order valence-electron chi connectivity index (χ3n) is 3.99. The number of aliphatic carboxylic acids is 1. The number of carbonyl (C=O) groups is 2. The van der Waals surface area contributed by atoms with Crippen LogP contribution in [0.3, 0.4) is 0 Å². The summed E-state index contributed by atoms with van der Waals surface area (Å²) in [4.78, 5) is 23.0. The second-order valence-corrected chi connectivity index (χ2v) is 5.44. The van der Waals surface area contributed by atoms with Gasteiger partial charge in [-0.25, -0.2) is 0 Å². The number of methoxy groups -OCH3 is 1. The SMILES string of the molecule is COc1ccccc1CC(=O)NC1CCC(C(=O)O)CC1. The summed E-state index contributed by atoms with van der Waals surface area (Å²) < 4.78 is 5.23. The Morgan fingerprint density at radius 1 is 1.24 bits per heavy atom. The average Bonchev–Trinajstić information content (AvgIpc) is 2.48. The van der Waals surface area contributed by atoms with Gasteiger partial charge in [0.1, 0.15) is 5.75 Å². The summed E-state index contributed by atoms with van der Waals surface area (Å²) in [6.07, 6.45) is 3.01. The molecule has 1 amide bonds. The monoisotopic (exact) mass is 291 g/mol. The van der Waals surface area contributed by atoms with Gasteiger partial charge in [-0.3, -0.25) is 9.59 Å². The van der Waals surface area contributed by atoms with Crippen LogP contribution in [0.5, 0.6) is 5.75 Å². The Hall–Kier alpha value is -2.04. The van der Waals surface area contributed by atoms with E-state index >= 15 is 0 Å². The Kier molecular flexibility index (Phi) is 5.20. The van der Waals surface area contributed by atoms with Gasteiger partial charge in [-0.2, -0.15) is 0 Å². The molecule has 2 rings (SSSR count). The first-order valence-electron chi connectivity index (χ1n) is 7.24. The zero-order chi connectivity index (χ0) is 15.2. The Morgan fingerprint density at radius 3 is 2.52 bits per heavy atom. The van der Waals surface area contributed by atoms with Crippen molar-refractivity contribution in [3.05, 3.63) is 29.8 Å².